The summed E-state index contributed by atoms with van der Waals surface area (Å²) < 4.78 is 0. The van der Waals surface area contributed by atoms with E-state index in [0.29, 0.717) is 5.41 Å². The van der Waals surface area contributed by atoms with Crippen LogP contribution in [0.25, 0.3) is 0 Å². The molecule has 4 aliphatic carbocycles. The van der Waals surface area contributed by atoms with Crippen LogP contribution in [0.2, 0.25) is 0 Å². The van der Waals surface area contributed by atoms with Gasteiger partial charge in [-0.25, -0.2) is 0 Å². The van der Waals surface area contributed by atoms with Gasteiger partial charge in [-0.3, -0.25) is 0 Å². The molecular weight excluding hydrogens is 368 g/mol. The Hall–Kier alpha value is 0.480. The molecule has 0 N–H and O–H groups in total. The Balaban J connectivity index is 1.48. The lowest BCUT2D eigenvalue weighted by Crippen LogP contribution is -2.49. The monoisotopic (exact) mass is 408 g/mol. The molecule has 0 heterocycles. The van der Waals surface area contributed by atoms with Gasteiger partial charge < -0.3 is 0 Å². The molecule has 0 aliphatic heterocycles. The Kier molecular flexibility index (Phi) is 5.63. The zero-order valence-corrected chi connectivity index (χ0v) is 18.6. The summed E-state index contributed by atoms with van der Waals surface area (Å²) in [6, 6.07) is 0. The van der Waals surface area contributed by atoms with E-state index in [9.17, 15) is 0 Å². The summed E-state index contributed by atoms with van der Waals surface area (Å²) in [4.78, 5) is 0. The second-order valence-corrected chi connectivity index (χ2v) is 11.4. The molecule has 9 atom stereocenters. The number of hydrogen-bond acceptors (Lipinski definition) is 0. The first kappa shape index (κ1) is 18.8. The van der Waals surface area contributed by atoms with E-state index in [1.165, 1.54) is 24.6 Å². The van der Waals surface area contributed by atoms with Crippen molar-refractivity contribution in [2.75, 3.05) is 5.33 Å². The standard InChI is InChI=1S/C24H41Br/c1-4-5-17-6-8-19-18(14-17)7-9-21-20(19)12-13-24(3)22(16(2)15-25)10-11-23(21)24/h16-23H,4-15H2,1-3H3. The third kappa shape index (κ3) is 3.17. The van der Waals surface area contributed by atoms with Crippen LogP contribution in [-0.2, 0) is 0 Å². The molecule has 0 nitrogen and oxygen atoms in total. The fourth-order valence-corrected chi connectivity index (χ4v) is 9.15. The van der Waals surface area contributed by atoms with E-state index in [-0.39, 0.29) is 0 Å². The summed E-state index contributed by atoms with van der Waals surface area (Å²) in [6.07, 6.45) is 17.0. The molecule has 0 bridgehead atoms. The largest absolute Gasteiger partial charge is 0.0925 e. The van der Waals surface area contributed by atoms with Crippen molar-refractivity contribution in [2.24, 2.45) is 52.8 Å². The van der Waals surface area contributed by atoms with Crippen LogP contribution >= 0.6 is 15.9 Å². The van der Waals surface area contributed by atoms with E-state index < -0.39 is 0 Å². The molecule has 4 fully saturated rings. The van der Waals surface area contributed by atoms with Crippen molar-refractivity contribution < 1.29 is 0 Å². The van der Waals surface area contributed by atoms with Gasteiger partial charge >= 0.3 is 0 Å². The Morgan fingerprint density at radius 3 is 2.52 bits per heavy atom. The molecule has 0 spiro atoms. The Morgan fingerprint density at radius 2 is 1.76 bits per heavy atom. The van der Waals surface area contributed by atoms with Crippen molar-refractivity contribution in [3.8, 4) is 0 Å². The molecule has 0 radical (unpaired) electrons. The van der Waals surface area contributed by atoms with Gasteiger partial charge in [-0.05, 0) is 104 Å². The van der Waals surface area contributed by atoms with Crippen LogP contribution in [0.15, 0.2) is 0 Å². The predicted octanol–water partition coefficient (Wildman–Crippen LogP) is 7.70. The lowest BCUT2D eigenvalue weighted by atomic mass is 9.48. The van der Waals surface area contributed by atoms with Crippen LogP contribution < -0.4 is 0 Å². The Morgan fingerprint density at radius 1 is 0.960 bits per heavy atom. The van der Waals surface area contributed by atoms with Crippen molar-refractivity contribution in [1.29, 1.82) is 0 Å². The highest BCUT2D eigenvalue weighted by molar-refractivity contribution is 9.09. The highest BCUT2D eigenvalue weighted by atomic mass is 79.9. The molecule has 0 aromatic rings. The maximum atomic E-state index is 3.80. The summed E-state index contributed by atoms with van der Waals surface area (Å²) in [5.41, 5.74) is 0.667. The number of halogens is 1. The van der Waals surface area contributed by atoms with Crippen molar-refractivity contribution in [3.05, 3.63) is 0 Å². The molecule has 9 unspecified atom stereocenters. The van der Waals surface area contributed by atoms with E-state index in [0.717, 1.165) is 47.3 Å². The van der Waals surface area contributed by atoms with E-state index in [1.807, 2.05) is 0 Å². The summed E-state index contributed by atoms with van der Waals surface area (Å²) in [6.45, 7) is 7.59. The van der Waals surface area contributed by atoms with Crippen molar-refractivity contribution in [2.45, 2.75) is 91.4 Å². The van der Waals surface area contributed by atoms with Gasteiger partial charge in [0.15, 0.2) is 0 Å². The van der Waals surface area contributed by atoms with Crippen LogP contribution in [0.1, 0.15) is 91.4 Å². The number of alkyl halides is 1. The topological polar surface area (TPSA) is 0 Å². The minimum Gasteiger partial charge on any atom is -0.0925 e. The second kappa shape index (κ2) is 7.48. The molecule has 4 saturated carbocycles. The number of hydrogen-bond donors (Lipinski definition) is 0. The summed E-state index contributed by atoms with van der Waals surface area (Å²) in [5.74, 6) is 8.41. The van der Waals surface area contributed by atoms with Crippen LogP contribution in [0.5, 0.6) is 0 Å². The third-order valence-electron chi connectivity index (χ3n) is 9.76. The van der Waals surface area contributed by atoms with Crippen molar-refractivity contribution in [1.82, 2.24) is 0 Å². The van der Waals surface area contributed by atoms with Gasteiger partial charge in [-0.2, -0.15) is 0 Å². The average Bonchev–Trinajstić information content (AvgIpc) is 2.98. The molecule has 0 aromatic heterocycles. The molecule has 144 valence electrons. The van der Waals surface area contributed by atoms with Gasteiger partial charge in [0, 0.05) is 5.33 Å². The minimum atomic E-state index is 0.667. The molecule has 0 aromatic carbocycles. The summed E-state index contributed by atoms with van der Waals surface area (Å²) >= 11 is 3.80. The molecule has 4 rings (SSSR count). The smallest absolute Gasteiger partial charge is 0.00598 e. The predicted molar refractivity (Wildman–Crippen MR) is 112 cm³/mol. The highest BCUT2D eigenvalue weighted by Crippen LogP contribution is 2.65. The van der Waals surface area contributed by atoms with Crippen LogP contribution in [0.3, 0.4) is 0 Å². The van der Waals surface area contributed by atoms with Crippen LogP contribution in [0, 0.1) is 52.8 Å². The van der Waals surface area contributed by atoms with Gasteiger partial charge in [-0.15, -0.1) is 0 Å². The lowest BCUT2D eigenvalue weighted by Gasteiger charge is -2.57. The van der Waals surface area contributed by atoms with Crippen molar-refractivity contribution >= 4 is 15.9 Å². The molecular formula is C24H41Br. The van der Waals surface area contributed by atoms with E-state index in [2.05, 4.69) is 36.7 Å². The Labute approximate surface area is 165 Å². The minimum absolute atomic E-state index is 0.667. The second-order valence-electron chi connectivity index (χ2n) is 10.8. The van der Waals surface area contributed by atoms with Gasteiger partial charge in [0.05, 0.1) is 0 Å². The molecule has 4 aliphatic rings. The number of fused-ring (bicyclic) bond motifs is 5. The number of rotatable bonds is 4. The Bertz CT molecular complexity index is 459. The molecule has 0 amide bonds. The fourth-order valence-electron chi connectivity index (χ4n) is 8.70. The average molecular weight is 409 g/mol. The van der Waals surface area contributed by atoms with E-state index >= 15 is 0 Å². The summed E-state index contributed by atoms with van der Waals surface area (Å²) in [7, 11) is 0. The van der Waals surface area contributed by atoms with Crippen LogP contribution in [-0.4, -0.2) is 5.33 Å². The molecule has 25 heavy (non-hydrogen) atoms. The molecule has 0 saturated heterocycles. The van der Waals surface area contributed by atoms with Crippen LogP contribution in [0.4, 0.5) is 0 Å². The van der Waals surface area contributed by atoms with E-state index in [1.54, 1.807) is 51.4 Å². The zero-order chi connectivity index (χ0) is 17.6. The van der Waals surface area contributed by atoms with Gasteiger partial charge in [0.25, 0.3) is 0 Å². The fraction of sp³-hybridized carbons (Fsp3) is 1.00. The lowest BCUT2D eigenvalue weighted by molar-refractivity contribution is -0.0729. The maximum absolute atomic E-state index is 3.80. The first-order valence-corrected chi connectivity index (χ1v) is 12.8. The maximum Gasteiger partial charge on any atom is 0.00598 e. The summed E-state index contributed by atoms with van der Waals surface area (Å²) in [5, 5.41) is 1.21. The first-order chi connectivity index (χ1) is 12.1. The quantitative estimate of drug-likeness (QED) is 0.417. The SMILES string of the molecule is CCCC1CCC2C(CCC3C2CCC2(C)C(C(C)CBr)CCC32)C1. The van der Waals surface area contributed by atoms with Gasteiger partial charge in [0.2, 0.25) is 0 Å². The molecule has 1 heteroatoms. The third-order valence-corrected chi connectivity index (χ3v) is 10.8. The van der Waals surface area contributed by atoms with Crippen molar-refractivity contribution in [3.63, 3.8) is 0 Å². The normalized spacial score (nSPS) is 50.6. The van der Waals surface area contributed by atoms with Gasteiger partial charge in [0.1, 0.15) is 0 Å². The zero-order valence-electron chi connectivity index (χ0n) is 17.0. The first-order valence-electron chi connectivity index (χ1n) is 11.6. The highest BCUT2D eigenvalue weighted by Gasteiger charge is 2.57. The van der Waals surface area contributed by atoms with Gasteiger partial charge in [-0.1, -0.05) is 56.0 Å². The van der Waals surface area contributed by atoms with E-state index in [4.69, 9.17) is 0 Å².